The molecule has 5 heteroatoms. The average molecular weight is 290 g/mol. The van der Waals surface area contributed by atoms with E-state index >= 15 is 0 Å². The largest absolute Gasteiger partial charge is 0.374 e. The molecule has 2 rings (SSSR count). The summed E-state index contributed by atoms with van der Waals surface area (Å²) in [4.78, 5) is 0. The fourth-order valence-corrected chi connectivity index (χ4v) is 2.44. The lowest BCUT2D eigenvalue weighted by Crippen LogP contribution is -2.45. The van der Waals surface area contributed by atoms with Crippen LogP contribution in [0.4, 0.5) is 0 Å². The van der Waals surface area contributed by atoms with Crippen molar-refractivity contribution >= 4 is 23.2 Å². The number of nitrogens with one attached hydrogen (secondary N) is 1. The lowest BCUT2D eigenvalue weighted by molar-refractivity contribution is -0.0716. The van der Waals surface area contributed by atoms with Crippen LogP contribution >= 0.6 is 23.2 Å². The molecule has 0 spiro atoms. The van der Waals surface area contributed by atoms with Gasteiger partial charge in [-0.25, -0.2) is 0 Å². The molecule has 1 saturated heterocycles. The molecule has 0 saturated carbocycles. The maximum absolute atomic E-state index is 6.07. The normalized spacial score (nSPS) is 24.2. The first-order chi connectivity index (χ1) is 8.66. The van der Waals surface area contributed by atoms with Crippen LogP contribution < -0.4 is 5.32 Å². The fraction of sp³-hybridized carbons (Fsp3) is 0.538. The molecule has 0 bridgehead atoms. The molecular formula is C13H17Cl2NO2. The summed E-state index contributed by atoms with van der Waals surface area (Å²) in [6, 6.07) is 5.45. The predicted molar refractivity (Wildman–Crippen MR) is 73.3 cm³/mol. The van der Waals surface area contributed by atoms with Crippen LogP contribution in [0.2, 0.25) is 10.0 Å². The Balaban J connectivity index is 1.81. The van der Waals surface area contributed by atoms with Gasteiger partial charge in [0.2, 0.25) is 0 Å². The van der Waals surface area contributed by atoms with Crippen LogP contribution in [0, 0.1) is 0 Å². The molecule has 1 aliphatic rings. The minimum atomic E-state index is 0.0926. The second kappa shape index (κ2) is 6.73. The van der Waals surface area contributed by atoms with E-state index in [4.69, 9.17) is 32.7 Å². The molecule has 3 nitrogen and oxygen atoms in total. The van der Waals surface area contributed by atoms with Gasteiger partial charge in [0.05, 0.1) is 25.4 Å². The molecule has 1 aromatic carbocycles. The van der Waals surface area contributed by atoms with Crippen LogP contribution in [0.5, 0.6) is 0 Å². The van der Waals surface area contributed by atoms with E-state index in [0.717, 1.165) is 18.7 Å². The summed E-state index contributed by atoms with van der Waals surface area (Å²) in [7, 11) is 0. The summed E-state index contributed by atoms with van der Waals surface area (Å²) in [5.41, 5.74) is 0.831. The maximum atomic E-state index is 6.07. The summed E-state index contributed by atoms with van der Waals surface area (Å²) < 4.78 is 11.4. The third-order valence-electron chi connectivity index (χ3n) is 2.84. The predicted octanol–water partition coefficient (Wildman–Crippen LogP) is 2.89. The molecule has 0 aliphatic carbocycles. The SMILES string of the molecule is CC1CNCC(COCc2c(Cl)cccc2Cl)O1. The molecule has 2 unspecified atom stereocenters. The van der Waals surface area contributed by atoms with Crippen molar-refractivity contribution in [2.45, 2.75) is 25.7 Å². The smallest absolute Gasteiger partial charge is 0.0936 e. The van der Waals surface area contributed by atoms with Gasteiger partial charge in [-0.3, -0.25) is 0 Å². The van der Waals surface area contributed by atoms with E-state index in [1.54, 1.807) is 0 Å². The Labute approximate surface area is 117 Å². The van der Waals surface area contributed by atoms with Gasteiger partial charge >= 0.3 is 0 Å². The van der Waals surface area contributed by atoms with Crippen molar-refractivity contribution in [2.24, 2.45) is 0 Å². The van der Waals surface area contributed by atoms with Gasteiger partial charge in [-0.05, 0) is 19.1 Å². The molecule has 100 valence electrons. The number of hydrogen-bond acceptors (Lipinski definition) is 3. The Morgan fingerprint density at radius 2 is 2.06 bits per heavy atom. The van der Waals surface area contributed by atoms with Crippen LogP contribution in [0.25, 0.3) is 0 Å². The lowest BCUT2D eigenvalue weighted by Gasteiger charge is -2.28. The Hall–Kier alpha value is -0.320. The molecule has 1 fully saturated rings. The summed E-state index contributed by atoms with van der Waals surface area (Å²) in [6.45, 7) is 4.71. The first-order valence-corrected chi connectivity index (χ1v) is 6.79. The first kappa shape index (κ1) is 14.1. The standard InChI is InChI=1S/C13H17Cl2NO2/c1-9-5-16-6-10(18-9)7-17-8-11-12(14)3-2-4-13(11)15/h2-4,9-10,16H,5-8H2,1H3. The molecule has 18 heavy (non-hydrogen) atoms. The van der Waals surface area contributed by atoms with E-state index < -0.39 is 0 Å². The molecule has 0 radical (unpaired) electrons. The number of halogens is 2. The maximum Gasteiger partial charge on any atom is 0.0936 e. The van der Waals surface area contributed by atoms with Crippen LogP contribution in [0.3, 0.4) is 0 Å². The second-order valence-corrected chi connectivity index (χ2v) is 5.26. The highest BCUT2D eigenvalue weighted by molar-refractivity contribution is 6.35. The average Bonchev–Trinajstić information content (AvgIpc) is 2.33. The van der Waals surface area contributed by atoms with E-state index in [9.17, 15) is 0 Å². The van der Waals surface area contributed by atoms with Gasteiger partial charge < -0.3 is 14.8 Å². The van der Waals surface area contributed by atoms with Crippen LogP contribution in [0.1, 0.15) is 12.5 Å². The number of rotatable bonds is 4. The summed E-state index contributed by atoms with van der Waals surface area (Å²) in [5, 5.41) is 4.57. The van der Waals surface area contributed by atoms with E-state index in [2.05, 4.69) is 5.32 Å². The van der Waals surface area contributed by atoms with Crippen molar-refractivity contribution in [3.05, 3.63) is 33.8 Å². The highest BCUT2D eigenvalue weighted by atomic mass is 35.5. The quantitative estimate of drug-likeness (QED) is 0.925. The monoisotopic (exact) mass is 289 g/mol. The minimum absolute atomic E-state index is 0.0926. The van der Waals surface area contributed by atoms with Gasteiger partial charge in [-0.15, -0.1) is 0 Å². The second-order valence-electron chi connectivity index (χ2n) is 4.44. The molecule has 1 aromatic rings. The summed E-state index contributed by atoms with van der Waals surface area (Å²) >= 11 is 12.1. The topological polar surface area (TPSA) is 30.5 Å². The third kappa shape index (κ3) is 3.84. The van der Waals surface area contributed by atoms with Crippen molar-refractivity contribution in [3.63, 3.8) is 0 Å². The summed E-state index contributed by atoms with van der Waals surface area (Å²) in [6.07, 6.45) is 0.325. The molecule has 1 heterocycles. The molecule has 0 aromatic heterocycles. The minimum Gasteiger partial charge on any atom is -0.374 e. The number of ether oxygens (including phenoxy) is 2. The van der Waals surface area contributed by atoms with Gasteiger partial charge in [0.25, 0.3) is 0 Å². The van der Waals surface area contributed by atoms with Crippen LogP contribution in [-0.4, -0.2) is 31.9 Å². The zero-order valence-corrected chi connectivity index (χ0v) is 11.8. The molecule has 2 atom stereocenters. The molecule has 1 aliphatic heterocycles. The Bertz CT molecular complexity index is 380. The van der Waals surface area contributed by atoms with E-state index in [0.29, 0.717) is 23.3 Å². The van der Waals surface area contributed by atoms with Crippen molar-refractivity contribution in [1.82, 2.24) is 5.32 Å². The van der Waals surface area contributed by atoms with Crippen LogP contribution in [-0.2, 0) is 16.1 Å². The van der Waals surface area contributed by atoms with Crippen molar-refractivity contribution in [1.29, 1.82) is 0 Å². The lowest BCUT2D eigenvalue weighted by atomic mass is 10.2. The zero-order valence-electron chi connectivity index (χ0n) is 10.3. The summed E-state index contributed by atoms with van der Waals surface area (Å²) in [5.74, 6) is 0. The molecule has 1 N–H and O–H groups in total. The number of benzene rings is 1. The highest BCUT2D eigenvalue weighted by Crippen LogP contribution is 2.24. The first-order valence-electron chi connectivity index (χ1n) is 6.03. The Morgan fingerprint density at radius 1 is 1.33 bits per heavy atom. The van der Waals surface area contributed by atoms with Gasteiger partial charge in [0.1, 0.15) is 0 Å². The van der Waals surface area contributed by atoms with Gasteiger partial charge in [-0.1, -0.05) is 29.3 Å². The highest BCUT2D eigenvalue weighted by Gasteiger charge is 2.18. The Morgan fingerprint density at radius 3 is 2.72 bits per heavy atom. The third-order valence-corrected chi connectivity index (χ3v) is 3.55. The van der Waals surface area contributed by atoms with Gasteiger partial charge in [0, 0.05) is 28.7 Å². The Kier molecular flexibility index (Phi) is 5.27. The zero-order chi connectivity index (χ0) is 13.0. The van der Waals surface area contributed by atoms with E-state index in [1.807, 2.05) is 25.1 Å². The van der Waals surface area contributed by atoms with Gasteiger partial charge in [-0.2, -0.15) is 0 Å². The van der Waals surface area contributed by atoms with Crippen molar-refractivity contribution in [3.8, 4) is 0 Å². The van der Waals surface area contributed by atoms with Gasteiger partial charge in [0.15, 0.2) is 0 Å². The van der Waals surface area contributed by atoms with Crippen molar-refractivity contribution < 1.29 is 9.47 Å². The van der Waals surface area contributed by atoms with Crippen LogP contribution in [0.15, 0.2) is 18.2 Å². The molecule has 0 amide bonds. The fourth-order valence-electron chi connectivity index (χ4n) is 1.93. The van der Waals surface area contributed by atoms with E-state index in [-0.39, 0.29) is 12.2 Å². The number of hydrogen-bond donors (Lipinski definition) is 1. The molecular weight excluding hydrogens is 273 g/mol. The number of morpholine rings is 1. The van der Waals surface area contributed by atoms with Crippen molar-refractivity contribution in [2.75, 3.05) is 19.7 Å². The van der Waals surface area contributed by atoms with E-state index in [1.165, 1.54) is 0 Å².